The molecule has 0 amide bonds. The molecule has 0 aliphatic rings. The summed E-state index contributed by atoms with van der Waals surface area (Å²) in [4.78, 5) is 6.42. The Balaban J connectivity index is 3.07. The fourth-order valence-corrected chi connectivity index (χ4v) is 1.12. The molecule has 0 aromatic carbocycles. The molecule has 0 saturated heterocycles. The molecular weight excluding hydrogens is 266 g/mol. The molecule has 0 atom stereocenters. The summed E-state index contributed by atoms with van der Waals surface area (Å²) in [6.45, 7) is -1.44. The normalized spacial score (nSPS) is 12.6. The van der Waals surface area contributed by atoms with Crippen LogP contribution in [0.5, 0.6) is 0 Å². The Kier molecular flexibility index (Phi) is 3.58. The summed E-state index contributed by atoms with van der Waals surface area (Å²) in [6.07, 6.45) is -9.43. The molecule has 0 aliphatic heterocycles. The van der Waals surface area contributed by atoms with E-state index >= 15 is 0 Å². The third kappa shape index (κ3) is 3.93. The smallest absolute Gasteiger partial charge is 0.384 e. The number of anilines is 2. The Hall–Kier alpha value is -1.74. The Bertz CT molecular complexity index is 427. The van der Waals surface area contributed by atoms with Crippen LogP contribution in [-0.4, -0.2) is 29.7 Å². The zero-order valence-corrected chi connectivity index (χ0v) is 8.97. The number of nitrogen functional groups attached to an aromatic ring is 1. The summed E-state index contributed by atoms with van der Waals surface area (Å²) in [5.41, 5.74) is 5.10. The fourth-order valence-electron chi connectivity index (χ4n) is 1.12. The molecule has 0 fully saturated rings. The summed E-state index contributed by atoms with van der Waals surface area (Å²) in [5, 5.41) is 0. The Morgan fingerprint density at radius 3 is 2.17 bits per heavy atom. The lowest BCUT2D eigenvalue weighted by Crippen LogP contribution is -2.32. The molecule has 0 radical (unpaired) electrons. The minimum Gasteiger partial charge on any atom is -0.384 e. The van der Waals surface area contributed by atoms with Crippen LogP contribution in [0, 0.1) is 0 Å². The van der Waals surface area contributed by atoms with Gasteiger partial charge in [-0.25, -0.2) is 9.97 Å². The van der Waals surface area contributed by atoms with Crippen LogP contribution in [-0.2, 0) is 6.18 Å². The number of alkyl halides is 6. The van der Waals surface area contributed by atoms with Gasteiger partial charge in [-0.2, -0.15) is 26.3 Å². The Labute approximate surface area is 97.4 Å². The molecule has 0 unspecified atom stereocenters. The zero-order valence-electron chi connectivity index (χ0n) is 8.97. The highest BCUT2D eigenvalue weighted by Crippen LogP contribution is 2.29. The third-order valence-electron chi connectivity index (χ3n) is 1.79. The second-order valence-electron chi connectivity index (χ2n) is 3.44. The van der Waals surface area contributed by atoms with Crippen molar-refractivity contribution in [3.63, 3.8) is 0 Å². The number of nitrogens with two attached hydrogens (primary N) is 1. The number of hydrogen-bond acceptors (Lipinski definition) is 4. The van der Waals surface area contributed by atoms with E-state index in [1.54, 1.807) is 0 Å². The molecule has 0 saturated carbocycles. The van der Waals surface area contributed by atoms with E-state index in [4.69, 9.17) is 5.73 Å². The van der Waals surface area contributed by atoms with Gasteiger partial charge in [-0.3, -0.25) is 0 Å². The van der Waals surface area contributed by atoms with Crippen molar-refractivity contribution in [1.82, 2.24) is 9.97 Å². The number of aromatic nitrogens is 2. The van der Waals surface area contributed by atoms with E-state index in [9.17, 15) is 26.3 Å². The average molecular weight is 274 g/mol. The number of halogens is 6. The lowest BCUT2D eigenvalue weighted by atomic mass is 10.4. The summed E-state index contributed by atoms with van der Waals surface area (Å²) < 4.78 is 73.2. The van der Waals surface area contributed by atoms with Crippen LogP contribution in [0.15, 0.2) is 6.07 Å². The van der Waals surface area contributed by atoms with Gasteiger partial charge in [-0.05, 0) is 0 Å². The van der Waals surface area contributed by atoms with Crippen molar-refractivity contribution in [2.45, 2.75) is 12.4 Å². The van der Waals surface area contributed by atoms with E-state index in [-0.39, 0.29) is 0 Å². The molecule has 1 aromatic heterocycles. The minimum atomic E-state index is -4.87. The molecule has 1 rings (SSSR count). The Morgan fingerprint density at radius 2 is 1.72 bits per heavy atom. The third-order valence-corrected chi connectivity index (χ3v) is 1.79. The first kappa shape index (κ1) is 14.3. The van der Waals surface area contributed by atoms with Crippen LogP contribution < -0.4 is 10.6 Å². The van der Waals surface area contributed by atoms with E-state index in [1.807, 2.05) is 0 Å². The molecule has 2 N–H and O–H groups in total. The summed E-state index contributed by atoms with van der Waals surface area (Å²) >= 11 is 0. The predicted octanol–water partition coefficient (Wildman–Crippen LogP) is 2.08. The van der Waals surface area contributed by atoms with Crippen LogP contribution in [0.3, 0.4) is 0 Å². The maximum Gasteiger partial charge on any atom is 0.451 e. The molecule has 18 heavy (non-hydrogen) atoms. The highest BCUT2D eigenvalue weighted by Gasteiger charge is 2.36. The van der Waals surface area contributed by atoms with Gasteiger partial charge in [0.1, 0.15) is 18.2 Å². The average Bonchev–Trinajstić information content (AvgIpc) is 2.12. The van der Waals surface area contributed by atoms with Gasteiger partial charge in [0.05, 0.1) is 0 Å². The van der Waals surface area contributed by atoms with Gasteiger partial charge in [-0.15, -0.1) is 0 Å². The second-order valence-corrected chi connectivity index (χ2v) is 3.44. The van der Waals surface area contributed by atoms with Gasteiger partial charge in [0.2, 0.25) is 5.82 Å². The van der Waals surface area contributed by atoms with Crippen molar-refractivity contribution in [3.8, 4) is 0 Å². The van der Waals surface area contributed by atoms with Gasteiger partial charge < -0.3 is 10.6 Å². The largest absolute Gasteiger partial charge is 0.451 e. The van der Waals surface area contributed by atoms with Gasteiger partial charge in [0, 0.05) is 13.1 Å². The minimum absolute atomic E-state index is 0.507. The van der Waals surface area contributed by atoms with E-state index < -0.39 is 36.4 Å². The maximum atomic E-state index is 12.3. The standard InChI is InChI=1S/C8H8F6N4/c1-18(3-7(9,10)11)5-2-4(15)16-6(17-5)8(12,13)14/h2H,3H2,1H3,(H2,15,16,17). The van der Waals surface area contributed by atoms with E-state index in [1.165, 1.54) is 0 Å². The van der Waals surface area contributed by atoms with Crippen molar-refractivity contribution in [2.75, 3.05) is 24.2 Å². The molecular formula is C8H8F6N4. The first-order chi connectivity index (χ1) is 7.99. The molecule has 0 aliphatic carbocycles. The number of nitrogens with zero attached hydrogens (tertiary/aromatic N) is 3. The Morgan fingerprint density at radius 1 is 1.17 bits per heavy atom. The summed E-state index contributed by atoms with van der Waals surface area (Å²) in [7, 11) is 0.954. The molecule has 4 nitrogen and oxygen atoms in total. The fraction of sp³-hybridized carbons (Fsp3) is 0.500. The van der Waals surface area contributed by atoms with Crippen LogP contribution in [0.4, 0.5) is 38.0 Å². The topological polar surface area (TPSA) is 55.0 Å². The second kappa shape index (κ2) is 4.50. The number of rotatable bonds is 2. The molecule has 102 valence electrons. The van der Waals surface area contributed by atoms with E-state index in [0.29, 0.717) is 4.90 Å². The van der Waals surface area contributed by atoms with Crippen molar-refractivity contribution in [1.29, 1.82) is 0 Å². The van der Waals surface area contributed by atoms with Gasteiger partial charge in [0.15, 0.2) is 0 Å². The summed E-state index contributed by atoms with van der Waals surface area (Å²) in [5.74, 6) is -2.68. The van der Waals surface area contributed by atoms with Crippen LogP contribution in [0.2, 0.25) is 0 Å². The summed E-state index contributed by atoms with van der Waals surface area (Å²) in [6, 6.07) is 0.834. The van der Waals surface area contributed by atoms with Crippen molar-refractivity contribution >= 4 is 11.6 Å². The molecule has 10 heteroatoms. The molecule has 0 bridgehead atoms. The highest BCUT2D eigenvalue weighted by atomic mass is 19.4. The molecule has 1 heterocycles. The lowest BCUT2D eigenvalue weighted by Gasteiger charge is -2.20. The quantitative estimate of drug-likeness (QED) is 0.839. The van der Waals surface area contributed by atoms with Crippen LogP contribution >= 0.6 is 0 Å². The highest BCUT2D eigenvalue weighted by molar-refractivity contribution is 5.46. The first-order valence-electron chi connectivity index (χ1n) is 4.48. The molecule has 0 spiro atoms. The number of hydrogen-bond donors (Lipinski definition) is 1. The van der Waals surface area contributed by atoms with E-state index in [0.717, 1.165) is 13.1 Å². The van der Waals surface area contributed by atoms with E-state index in [2.05, 4.69) is 9.97 Å². The van der Waals surface area contributed by atoms with Gasteiger partial charge in [-0.1, -0.05) is 0 Å². The van der Waals surface area contributed by atoms with Crippen LogP contribution in [0.1, 0.15) is 5.82 Å². The SMILES string of the molecule is CN(CC(F)(F)F)c1cc(N)nc(C(F)(F)F)n1. The monoisotopic (exact) mass is 274 g/mol. The van der Waals surface area contributed by atoms with Crippen molar-refractivity contribution in [2.24, 2.45) is 0 Å². The lowest BCUT2D eigenvalue weighted by molar-refractivity contribution is -0.144. The van der Waals surface area contributed by atoms with Crippen molar-refractivity contribution < 1.29 is 26.3 Å². The molecule has 1 aromatic rings. The zero-order chi connectivity index (χ0) is 14.1. The van der Waals surface area contributed by atoms with Crippen LogP contribution in [0.25, 0.3) is 0 Å². The van der Waals surface area contributed by atoms with Gasteiger partial charge >= 0.3 is 12.4 Å². The maximum absolute atomic E-state index is 12.3. The van der Waals surface area contributed by atoms with Gasteiger partial charge in [0.25, 0.3) is 0 Å². The first-order valence-corrected chi connectivity index (χ1v) is 4.48. The van der Waals surface area contributed by atoms with Crippen molar-refractivity contribution in [3.05, 3.63) is 11.9 Å². The predicted molar refractivity (Wildman–Crippen MR) is 50.8 cm³/mol.